The third-order valence-electron chi connectivity index (χ3n) is 4.68. The lowest BCUT2D eigenvalue weighted by Crippen LogP contribution is -2.48. The largest absolute Gasteiger partial charge is 0.465 e. The SMILES string of the molecule is COC(=O)c1ccc(N(C(=O)OCc2ccccc2)N(C)C(=O)OCc2ccccc2)cc1. The van der Waals surface area contributed by atoms with Gasteiger partial charge in [-0.15, -0.1) is 0 Å². The minimum absolute atomic E-state index is 0.0172. The molecule has 0 aliphatic rings. The first-order valence-electron chi connectivity index (χ1n) is 10.1. The fraction of sp³-hybridized carbons (Fsp3) is 0.160. The molecule has 0 aliphatic heterocycles. The van der Waals surface area contributed by atoms with Crippen LogP contribution in [0.5, 0.6) is 0 Å². The number of nitrogens with zero attached hydrogens (tertiary/aromatic N) is 2. The molecule has 0 fully saturated rings. The van der Waals surface area contributed by atoms with E-state index >= 15 is 0 Å². The average molecular weight is 448 g/mol. The zero-order valence-electron chi connectivity index (χ0n) is 18.3. The number of anilines is 1. The van der Waals surface area contributed by atoms with Crippen molar-refractivity contribution in [2.75, 3.05) is 19.2 Å². The van der Waals surface area contributed by atoms with Gasteiger partial charge in [0.2, 0.25) is 0 Å². The second kappa shape index (κ2) is 11.3. The number of hydrogen-bond donors (Lipinski definition) is 0. The maximum Gasteiger partial charge on any atom is 0.434 e. The number of rotatable bonds is 6. The molecule has 8 heteroatoms. The fourth-order valence-corrected chi connectivity index (χ4v) is 2.93. The summed E-state index contributed by atoms with van der Waals surface area (Å²) in [5.41, 5.74) is 2.20. The van der Waals surface area contributed by atoms with Crippen LogP contribution in [0.4, 0.5) is 15.3 Å². The molecule has 2 amide bonds. The molecule has 0 saturated carbocycles. The summed E-state index contributed by atoms with van der Waals surface area (Å²) in [5.74, 6) is -0.518. The summed E-state index contributed by atoms with van der Waals surface area (Å²) < 4.78 is 15.5. The number of amides is 2. The highest BCUT2D eigenvalue weighted by Gasteiger charge is 2.27. The summed E-state index contributed by atoms with van der Waals surface area (Å²) in [4.78, 5) is 37.4. The van der Waals surface area contributed by atoms with Crippen molar-refractivity contribution in [3.63, 3.8) is 0 Å². The van der Waals surface area contributed by atoms with E-state index in [1.807, 2.05) is 60.7 Å². The van der Waals surface area contributed by atoms with E-state index in [1.54, 1.807) is 0 Å². The Morgan fingerprint density at radius 1 is 0.697 bits per heavy atom. The number of methoxy groups -OCH3 is 1. The molecule has 170 valence electrons. The number of ether oxygens (including phenoxy) is 3. The summed E-state index contributed by atoms with van der Waals surface area (Å²) in [7, 11) is 2.67. The molecule has 0 heterocycles. The van der Waals surface area contributed by atoms with Crippen LogP contribution in [0.25, 0.3) is 0 Å². The smallest absolute Gasteiger partial charge is 0.434 e. The third kappa shape index (κ3) is 6.33. The molecular formula is C25H24N2O6. The molecule has 3 aromatic rings. The van der Waals surface area contributed by atoms with Crippen LogP contribution in [0.3, 0.4) is 0 Å². The van der Waals surface area contributed by atoms with E-state index in [1.165, 1.54) is 38.4 Å². The second-order valence-corrected chi connectivity index (χ2v) is 6.95. The Labute approximate surface area is 191 Å². The normalized spacial score (nSPS) is 10.1. The van der Waals surface area contributed by atoms with Crippen LogP contribution in [0, 0.1) is 0 Å². The van der Waals surface area contributed by atoms with Gasteiger partial charge in [0.25, 0.3) is 0 Å². The van der Waals surface area contributed by atoms with Crippen molar-refractivity contribution in [2.45, 2.75) is 13.2 Å². The molecule has 0 radical (unpaired) electrons. The lowest BCUT2D eigenvalue weighted by Gasteiger charge is -2.30. The molecule has 0 bridgehead atoms. The number of esters is 1. The van der Waals surface area contributed by atoms with Crippen molar-refractivity contribution in [2.24, 2.45) is 0 Å². The van der Waals surface area contributed by atoms with Gasteiger partial charge in [-0.2, -0.15) is 5.01 Å². The van der Waals surface area contributed by atoms with Crippen LogP contribution < -0.4 is 5.01 Å². The Kier molecular flexibility index (Phi) is 8.02. The lowest BCUT2D eigenvalue weighted by molar-refractivity contribution is 0.0600. The maximum atomic E-state index is 13.0. The van der Waals surface area contributed by atoms with Crippen molar-refractivity contribution >= 4 is 23.8 Å². The average Bonchev–Trinajstić information content (AvgIpc) is 2.87. The van der Waals surface area contributed by atoms with Crippen molar-refractivity contribution in [1.29, 1.82) is 0 Å². The molecular weight excluding hydrogens is 424 g/mol. The molecule has 3 rings (SSSR count). The Morgan fingerprint density at radius 3 is 1.67 bits per heavy atom. The van der Waals surface area contributed by atoms with E-state index in [4.69, 9.17) is 14.2 Å². The van der Waals surface area contributed by atoms with E-state index in [2.05, 4.69) is 0 Å². The number of hydrazine groups is 1. The molecule has 8 nitrogen and oxygen atoms in total. The highest BCUT2D eigenvalue weighted by molar-refractivity contribution is 5.93. The van der Waals surface area contributed by atoms with Gasteiger partial charge in [-0.25, -0.2) is 19.4 Å². The van der Waals surface area contributed by atoms with Crippen LogP contribution in [-0.4, -0.2) is 37.3 Å². The van der Waals surface area contributed by atoms with Crippen LogP contribution >= 0.6 is 0 Å². The maximum absolute atomic E-state index is 13.0. The topological polar surface area (TPSA) is 85.4 Å². The van der Waals surface area contributed by atoms with Gasteiger partial charge in [0.05, 0.1) is 18.4 Å². The zero-order chi connectivity index (χ0) is 23.6. The van der Waals surface area contributed by atoms with Crippen LogP contribution in [0.1, 0.15) is 21.5 Å². The Morgan fingerprint density at radius 2 is 1.18 bits per heavy atom. The molecule has 33 heavy (non-hydrogen) atoms. The van der Waals surface area contributed by atoms with E-state index in [0.29, 0.717) is 11.3 Å². The predicted molar refractivity (Wildman–Crippen MR) is 121 cm³/mol. The van der Waals surface area contributed by atoms with E-state index in [-0.39, 0.29) is 13.2 Å². The van der Waals surface area contributed by atoms with Gasteiger partial charge >= 0.3 is 18.2 Å². The highest BCUT2D eigenvalue weighted by Crippen LogP contribution is 2.20. The highest BCUT2D eigenvalue weighted by atomic mass is 16.6. The van der Waals surface area contributed by atoms with Crippen molar-refractivity contribution in [3.05, 3.63) is 102 Å². The Balaban J connectivity index is 1.78. The quantitative estimate of drug-likeness (QED) is 0.306. The van der Waals surface area contributed by atoms with Crippen molar-refractivity contribution in [3.8, 4) is 0 Å². The minimum atomic E-state index is -0.788. The molecule has 0 aliphatic carbocycles. The number of carbonyl (C=O) groups is 3. The van der Waals surface area contributed by atoms with Gasteiger partial charge in [-0.3, -0.25) is 0 Å². The molecule has 0 spiro atoms. The minimum Gasteiger partial charge on any atom is -0.465 e. The van der Waals surface area contributed by atoms with E-state index in [0.717, 1.165) is 21.1 Å². The Hall–Kier alpha value is -4.33. The van der Waals surface area contributed by atoms with Gasteiger partial charge in [0.1, 0.15) is 13.2 Å². The third-order valence-corrected chi connectivity index (χ3v) is 4.68. The standard InChI is InChI=1S/C25H24N2O6/c1-26(24(29)32-17-19-9-5-3-6-10-19)27(22-15-13-21(14-16-22)23(28)31-2)25(30)33-18-20-11-7-4-8-12-20/h3-16H,17-18H2,1-2H3. The van der Waals surface area contributed by atoms with Gasteiger partial charge < -0.3 is 14.2 Å². The summed E-state index contributed by atoms with van der Waals surface area (Å²) in [6, 6.07) is 24.3. The van der Waals surface area contributed by atoms with Crippen molar-refractivity contribution < 1.29 is 28.6 Å². The summed E-state index contributed by atoms with van der Waals surface area (Å²) in [6.45, 7) is 0.0571. The van der Waals surface area contributed by atoms with Crippen LogP contribution in [0.15, 0.2) is 84.9 Å². The van der Waals surface area contributed by atoms with E-state index in [9.17, 15) is 14.4 Å². The Bertz CT molecular complexity index is 1070. The first kappa shape index (κ1) is 23.3. The van der Waals surface area contributed by atoms with Gasteiger partial charge in [0, 0.05) is 7.05 Å². The summed E-state index contributed by atoms with van der Waals surface area (Å²) in [5, 5.41) is 2.06. The monoisotopic (exact) mass is 448 g/mol. The van der Waals surface area contributed by atoms with Gasteiger partial charge in [0.15, 0.2) is 0 Å². The molecule has 0 unspecified atom stereocenters. The van der Waals surface area contributed by atoms with Gasteiger partial charge in [-0.1, -0.05) is 60.7 Å². The molecule has 0 atom stereocenters. The number of benzene rings is 3. The number of hydrogen-bond acceptors (Lipinski definition) is 6. The summed E-state index contributed by atoms with van der Waals surface area (Å²) in [6.07, 6.45) is -1.55. The van der Waals surface area contributed by atoms with Crippen molar-refractivity contribution in [1.82, 2.24) is 5.01 Å². The van der Waals surface area contributed by atoms with Crippen LogP contribution in [-0.2, 0) is 27.4 Å². The first-order valence-corrected chi connectivity index (χ1v) is 10.1. The lowest BCUT2D eigenvalue weighted by atomic mass is 10.2. The van der Waals surface area contributed by atoms with Gasteiger partial charge in [-0.05, 0) is 35.4 Å². The molecule has 0 saturated heterocycles. The van der Waals surface area contributed by atoms with E-state index < -0.39 is 18.2 Å². The molecule has 0 aromatic heterocycles. The molecule has 3 aromatic carbocycles. The molecule has 0 N–H and O–H groups in total. The predicted octanol–water partition coefficient (Wildman–Crippen LogP) is 4.80. The zero-order valence-corrected chi connectivity index (χ0v) is 18.3. The fourth-order valence-electron chi connectivity index (χ4n) is 2.93. The van der Waals surface area contributed by atoms with Crippen LogP contribution in [0.2, 0.25) is 0 Å². The summed E-state index contributed by atoms with van der Waals surface area (Å²) >= 11 is 0. The second-order valence-electron chi connectivity index (χ2n) is 6.95. The number of carbonyl (C=O) groups excluding carboxylic acids is 3. The first-order chi connectivity index (χ1) is 16.0.